The predicted octanol–water partition coefficient (Wildman–Crippen LogP) is -1.78. The van der Waals surface area contributed by atoms with Crippen LogP contribution in [0, 0.1) is 0 Å². The number of aliphatic hydroxyl groups excluding tert-OH is 3. The van der Waals surface area contributed by atoms with Gasteiger partial charge in [-0.1, -0.05) is 0 Å². The van der Waals surface area contributed by atoms with Gasteiger partial charge in [-0.05, 0) is 0 Å². The van der Waals surface area contributed by atoms with E-state index in [9.17, 15) is 4.79 Å². The van der Waals surface area contributed by atoms with Gasteiger partial charge in [0.2, 0.25) is 0 Å². The molecule has 1 atom stereocenters. The van der Waals surface area contributed by atoms with Gasteiger partial charge in [0.15, 0.2) is 6.79 Å². The van der Waals surface area contributed by atoms with Gasteiger partial charge < -0.3 is 20.1 Å². The molecule has 0 aromatic rings. The summed E-state index contributed by atoms with van der Waals surface area (Å²) < 4.78 is 4.06. The van der Waals surface area contributed by atoms with Gasteiger partial charge >= 0.3 is 5.97 Å². The van der Waals surface area contributed by atoms with Crippen LogP contribution in [-0.2, 0) is 9.53 Å². The fourth-order valence-corrected chi connectivity index (χ4v) is 0.388. The van der Waals surface area contributed by atoms with Crippen LogP contribution < -0.4 is 0 Å². The van der Waals surface area contributed by atoms with Crippen molar-refractivity contribution in [3.63, 3.8) is 0 Å². The van der Waals surface area contributed by atoms with Crippen LogP contribution in [0.1, 0.15) is 6.42 Å². The summed E-state index contributed by atoms with van der Waals surface area (Å²) in [5.41, 5.74) is 0. The highest BCUT2D eigenvalue weighted by molar-refractivity contribution is 5.69. The van der Waals surface area contributed by atoms with E-state index in [0.29, 0.717) is 0 Å². The Labute approximate surface area is 57.9 Å². The van der Waals surface area contributed by atoms with E-state index >= 15 is 0 Å². The average Bonchev–Trinajstić information content (AvgIpc) is 1.88. The van der Waals surface area contributed by atoms with Gasteiger partial charge in [0, 0.05) is 0 Å². The second-order valence-corrected chi connectivity index (χ2v) is 1.69. The van der Waals surface area contributed by atoms with Crippen molar-refractivity contribution < 1.29 is 24.9 Å². The Bertz CT molecular complexity index is 102. The Hall–Kier alpha value is -0.650. The molecule has 0 heterocycles. The highest BCUT2D eigenvalue weighted by Crippen LogP contribution is 1.91. The molecule has 0 bridgehead atoms. The quantitative estimate of drug-likeness (QED) is 0.326. The van der Waals surface area contributed by atoms with E-state index in [0.717, 1.165) is 0 Å². The minimum absolute atomic E-state index is 0.295. The molecule has 0 aliphatic heterocycles. The van der Waals surface area contributed by atoms with Crippen LogP contribution in [0.25, 0.3) is 0 Å². The van der Waals surface area contributed by atoms with E-state index in [4.69, 9.17) is 15.3 Å². The van der Waals surface area contributed by atoms with Crippen LogP contribution in [-0.4, -0.2) is 40.8 Å². The van der Waals surface area contributed by atoms with E-state index in [2.05, 4.69) is 4.74 Å². The Morgan fingerprint density at radius 3 is 2.50 bits per heavy atom. The lowest BCUT2D eigenvalue weighted by Gasteiger charge is -2.04. The van der Waals surface area contributed by atoms with Gasteiger partial charge in [-0.25, -0.2) is 0 Å². The fourth-order valence-electron chi connectivity index (χ4n) is 0.388. The van der Waals surface area contributed by atoms with Crippen LogP contribution in [0.15, 0.2) is 0 Å². The Morgan fingerprint density at radius 2 is 2.10 bits per heavy atom. The predicted molar refractivity (Wildman–Crippen MR) is 30.9 cm³/mol. The first kappa shape index (κ1) is 9.35. The lowest BCUT2D eigenvalue weighted by Crippen LogP contribution is -2.19. The van der Waals surface area contributed by atoms with Crippen LogP contribution in [0.3, 0.4) is 0 Å². The first-order chi connectivity index (χ1) is 4.70. The summed E-state index contributed by atoms with van der Waals surface area (Å²) in [6, 6.07) is 0. The van der Waals surface area contributed by atoms with E-state index in [1.165, 1.54) is 0 Å². The minimum atomic E-state index is -1.10. The topological polar surface area (TPSA) is 87.0 Å². The number of rotatable bonds is 4. The molecule has 0 aliphatic carbocycles. The van der Waals surface area contributed by atoms with Crippen molar-refractivity contribution in [2.75, 3.05) is 13.4 Å². The summed E-state index contributed by atoms with van der Waals surface area (Å²) >= 11 is 0. The van der Waals surface area contributed by atoms with Gasteiger partial charge in [0.25, 0.3) is 0 Å². The molecule has 0 amide bonds. The minimum Gasteiger partial charge on any atom is -0.439 e. The molecule has 0 aromatic heterocycles. The summed E-state index contributed by atoms with van der Waals surface area (Å²) in [4.78, 5) is 10.4. The number of hydrogen-bond donors (Lipinski definition) is 3. The smallest absolute Gasteiger partial charge is 0.310 e. The first-order valence-electron chi connectivity index (χ1n) is 2.76. The zero-order valence-corrected chi connectivity index (χ0v) is 5.36. The van der Waals surface area contributed by atoms with Crippen molar-refractivity contribution in [1.82, 2.24) is 0 Å². The molecule has 0 saturated heterocycles. The summed E-state index contributed by atoms with van der Waals surface area (Å²) in [6.45, 7) is -1.18. The number of carbonyl (C=O) groups is 1. The molecule has 5 heteroatoms. The summed E-state index contributed by atoms with van der Waals surface area (Å²) in [5.74, 6) is -0.732. The third kappa shape index (κ3) is 4.25. The molecule has 0 radical (unpaired) electrons. The van der Waals surface area contributed by atoms with Crippen LogP contribution in [0.2, 0.25) is 0 Å². The largest absolute Gasteiger partial charge is 0.439 e. The lowest BCUT2D eigenvalue weighted by atomic mass is 10.3. The van der Waals surface area contributed by atoms with Crippen LogP contribution in [0.4, 0.5) is 0 Å². The Balaban J connectivity index is 3.37. The van der Waals surface area contributed by atoms with Crippen molar-refractivity contribution >= 4 is 5.97 Å². The summed E-state index contributed by atoms with van der Waals surface area (Å²) in [5, 5.41) is 24.9. The molecule has 0 aromatic carbocycles. The number of carbonyl (C=O) groups excluding carboxylic acids is 1. The third-order valence-corrected chi connectivity index (χ3v) is 0.839. The molecular weight excluding hydrogens is 140 g/mol. The zero-order valence-electron chi connectivity index (χ0n) is 5.36. The molecule has 0 saturated carbocycles. The number of hydrogen-bond acceptors (Lipinski definition) is 5. The van der Waals surface area contributed by atoms with Crippen molar-refractivity contribution in [2.24, 2.45) is 0 Å². The second-order valence-electron chi connectivity index (χ2n) is 1.69. The van der Waals surface area contributed by atoms with Gasteiger partial charge in [0.1, 0.15) is 0 Å². The highest BCUT2D eigenvalue weighted by atomic mass is 16.6. The zero-order chi connectivity index (χ0) is 7.98. The maximum absolute atomic E-state index is 10.4. The maximum Gasteiger partial charge on any atom is 0.310 e. The normalized spacial score (nSPS) is 12.7. The SMILES string of the molecule is O=C(CC(O)CO)OCO. The molecule has 60 valence electrons. The third-order valence-electron chi connectivity index (χ3n) is 0.839. The number of aliphatic hydroxyl groups is 3. The van der Waals surface area contributed by atoms with Gasteiger partial charge in [-0.15, -0.1) is 0 Å². The molecule has 0 aliphatic rings. The average molecular weight is 150 g/mol. The Morgan fingerprint density at radius 1 is 1.50 bits per heavy atom. The fraction of sp³-hybridized carbons (Fsp3) is 0.800. The van der Waals surface area contributed by atoms with Crippen LogP contribution >= 0.6 is 0 Å². The van der Waals surface area contributed by atoms with Crippen molar-refractivity contribution in [1.29, 1.82) is 0 Å². The standard InChI is InChI=1S/C5H10O5/c6-2-4(8)1-5(9)10-3-7/h4,6-8H,1-3H2. The molecule has 0 rings (SSSR count). The van der Waals surface area contributed by atoms with Crippen molar-refractivity contribution in [3.8, 4) is 0 Å². The summed E-state index contributed by atoms with van der Waals surface area (Å²) in [7, 11) is 0. The van der Waals surface area contributed by atoms with Gasteiger partial charge in [0.05, 0.1) is 19.1 Å². The lowest BCUT2D eigenvalue weighted by molar-refractivity contribution is -0.154. The van der Waals surface area contributed by atoms with Crippen molar-refractivity contribution in [3.05, 3.63) is 0 Å². The van der Waals surface area contributed by atoms with E-state index in [1.807, 2.05) is 0 Å². The molecule has 3 N–H and O–H groups in total. The van der Waals surface area contributed by atoms with Crippen molar-refractivity contribution in [2.45, 2.75) is 12.5 Å². The summed E-state index contributed by atoms with van der Waals surface area (Å²) in [6.07, 6.45) is -1.39. The van der Waals surface area contributed by atoms with Gasteiger partial charge in [-0.3, -0.25) is 4.79 Å². The maximum atomic E-state index is 10.4. The highest BCUT2D eigenvalue weighted by Gasteiger charge is 2.09. The van der Waals surface area contributed by atoms with E-state index in [1.54, 1.807) is 0 Å². The monoisotopic (exact) mass is 150 g/mol. The second kappa shape index (κ2) is 5.16. The number of esters is 1. The van der Waals surface area contributed by atoms with E-state index in [-0.39, 0.29) is 6.42 Å². The van der Waals surface area contributed by atoms with Gasteiger partial charge in [-0.2, -0.15) is 0 Å². The molecular formula is C5H10O5. The molecule has 0 spiro atoms. The number of ether oxygens (including phenoxy) is 1. The molecule has 5 nitrogen and oxygen atoms in total. The Kier molecular flexibility index (Phi) is 4.82. The molecule has 1 unspecified atom stereocenters. The first-order valence-corrected chi connectivity index (χ1v) is 2.76. The van der Waals surface area contributed by atoms with E-state index < -0.39 is 25.5 Å². The molecule has 0 fully saturated rings. The molecule has 10 heavy (non-hydrogen) atoms. The van der Waals surface area contributed by atoms with Crippen LogP contribution in [0.5, 0.6) is 0 Å².